The SMILES string of the molecule is O=C(Nc1ccccc1)C1CCN(C(=O)COc2ccc(Br)cc2Br)CC1. The van der Waals surface area contributed by atoms with Crippen molar-refractivity contribution in [1.82, 2.24) is 4.90 Å². The van der Waals surface area contributed by atoms with Crippen molar-refractivity contribution >= 4 is 49.4 Å². The van der Waals surface area contributed by atoms with Crippen LogP contribution in [0.5, 0.6) is 5.75 Å². The van der Waals surface area contributed by atoms with Crippen LogP contribution < -0.4 is 10.1 Å². The molecule has 5 nitrogen and oxygen atoms in total. The number of carbonyl (C=O) groups is 2. The average Bonchev–Trinajstić information content (AvgIpc) is 2.68. The van der Waals surface area contributed by atoms with Gasteiger partial charge in [0, 0.05) is 29.2 Å². The third kappa shape index (κ3) is 5.56. The van der Waals surface area contributed by atoms with Gasteiger partial charge in [0.2, 0.25) is 5.91 Å². The van der Waals surface area contributed by atoms with Crippen molar-refractivity contribution < 1.29 is 14.3 Å². The van der Waals surface area contributed by atoms with Crippen molar-refractivity contribution in [1.29, 1.82) is 0 Å². The Morgan fingerprint density at radius 2 is 1.78 bits per heavy atom. The highest BCUT2D eigenvalue weighted by Crippen LogP contribution is 2.28. The molecule has 0 radical (unpaired) electrons. The Morgan fingerprint density at radius 1 is 1.07 bits per heavy atom. The van der Waals surface area contributed by atoms with E-state index in [4.69, 9.17) is 4.74 Å². The molecule has 1 saturated heterocycles. The van der Waals surface area contributed by atoms with Crippen LogP contribution in [0.4, 0.5) is 5.69 Å². The lowest BCUT2D eigenvalue weighted by atomic mass is 9.95. The Bertz CT molecular complexity index is 806. The Balaban J connectivity index is 1.45. The van der Waals surface area contributed by atoms with Crippen LogP contribution in [0.3, 0.4) is 0 Å². The highest BCUT2D eigenvalue weighted by atomic mass is 79.9. The predicted octanol–water partition coefficient (Wildman–Crippen LogP) is 4.47. The molecule has 7 heteroatoms. The number of carbonyl (C=O) groups excluding carboxylic acids is 2. The lowest BCUT2D eigenvalue weighted by molar-refractivity contribution is -0.136. The number of nitrogens with one attached hydrogen (secondary N) is 1. The van der Waals surface area contributed by atoms with E-state index < -0.39 is 0 Å². The maximum Gasteiger partial charge on any atom is 0.260 e. The van der Waals surface area contributed by atoms with Gasteiger partial charge in [-0.05, 0) is 59.1 Å². The van der Waals surface area contributed by atoms with Gasteiger partial charge in [-0.25, -0.2) is 0 Å². The van der Waals surface area contributed by atoms with Gasteiger partial charge in [0.25, 0.3) is 5.91 Å². The zero-order valence-corrected chi connectivity index (χ0v) is 17.8. The highest BCUT2D eigenvalue weighted by Gasteiger charge is 2.27. The number of ether oxygens (including phenoxy) is 1. The van der Waals surface area contributed by atoms with Crippen LogP contribution >= 0.6 is 31.9 Å². The molecule has 142 valence electrons. The van der Waals surface area contributed by atoms with Crippen LogP contribution in [0.1, 0.15) is 12.8 Å². The highest BCUT2D eigenvalue weighted by molar-refractivity contribution is 9.11. The first-order valence-electron chi connectivity index (χ1n) is 8.74. The lowest BCUT2D eigenvalue weighted by Gasteiger charge is -2.31. The summed E-state index contributed by atoms with van der Waals surface area (Å²) in [4.78, 5) is 26.5. The first kappa shape index (κ1) is 19.9. The number of anilines is 1. The topological polar surface area (TPSA) is 58.6 Å². The number of nitrogens with zero attached hydrogens (tertiary/aromatic N) is 1. The summed E-state index contributed by atoms with van der Waals surface area (Å²) in [6.07, 6.45) is 1.32. The fourth-order valence-corrected chi connectivity index (χ4v) is 4.14. The van der Waals surface area contributed by atoms with Crippen LogP contribution in [0.15, 0.2) is 57.5 Å². The van der Waals surface area contributed by atoms with Crippen LogP contribution in [0, 0.1) is 5.92 Å². The first-order chi connectivity index (χ1) is 13.0. The molecule has 3 rings (SSSR count). The molecule has 0 atom stereocenters. The minimum atomic E-state index is -0.0733. The molecular formula is C20H20Br2N2O3. The number of hydrogen-bond donors (Lipinski definition) is 1. The second-order valence-corrected chi connectivity index (χ2v) is 8.14. The fraction of sp³-hybridized carbons (Fsp3) is 0.300. The Hall–Kier alpha value is -1.86. The fourth-order valence-electron chi connectivity index (χ4n) is 2.98. The monoisotopic (exact) mass is 494 g/mol. The molecule has 27 heavy (non-hydrogen) atoms. The summed E-state index contributed by atoms with van der Waals surface area (Å²) in [6, 6.07) is 15.0. The number of likely N-dealkylation sites (tertiary alicyclic amines) is 1. The summed E-state index contributed by atoms with van der Waals surface area (Å²) in [5, 5.41) is 2.94. The molecule has 0 spiro atoms. The Morgan fingerprint density at radius 3 is 2.44 bits per heavy atom. The molecule has 0 bridgehead atoms. The van der Waals surface area contributed by atoms with E-state index in [-0.39, 0.29) is 24.3 Å². The summed E-state index contributed by atoms with van der Waals surface area (Å²) in [5.74, 6) is 0.509. The Kier molecular flexibility index (Phi) is 6.90. The van der Waals surface area contributed by atoms with Crippen LogP contribution in [-0.2, 0) is 9.59 Å². The van der Waals surface area contributed by atoms with Gasteiger partial charge in [-0.1, -0.05) is 34.1 Å². The summed E-state index contributed by atoms with van der Waals surface area (Å²) < 4.78 is 7.35. The molecule has 1 fully saturated rings. The normalized spacial score (nSPS) is 14.7. The van der Waals surface area contributed by atoms with E-state index in [0.717, 1.165) is 14.6 Å². The second-order valence-electron chi connectivity index (χ2n) is 6.37. The molecule has 1 heterocycles. The molecule has 0 aromatic heterocycles. The smallest absolute Gasteiger partial charge is 0.260 e. The molecule has 2 amide bonds. The maximum atomic E-state index is 12.4. The van der Waals surface area contributed by atoms with Crippen molar-refractivity contribution in [3.63, 3.8) is 0 Å². The summed E-state index contributed by atoms with van der Waals surface area (Å²) in [5.41, 5.74) is 0.800. The van der Waals surface area contributed by atoms with Crippen molar-refractivity contribution in [3.8, 4) is 5.75 Å². The molecular weight excluding hydrogens is 476 g/mol. The zero-order valence-electron chi connectivity index (χ0n) is 14.7. The summed E-state index contributed by atoms with van der Waals surface area (Å²) in [7, 11) is 0. The molecule has 1 aliphatic rings. The van der Waals surface area contributed by atoms with E-state index in [9.17, 15) is 9.59 Å². The minimum absolute atomic E-state index is 0.0128. The van der Waals surface area contributed by atoms with E-state index in [1.807, 2.05) is 48.5 Å². The summed E-state index contributed by atoms with van der Waals surface area (Å²) >= 11 is 6.80. The number of benzene rings is 2. The largest absolute Gasteiger partial charge is 0.483 e. The van der Waals surface area contributed by atoms with Crippen molar-refractivity contribution in [3.05, 3.63) is 57.5 Å². The number of halogens is 2. The maximum absolute atomic E-state index is 12.4. The number of amides is 2. The van der Waals surface area contributed by atoms with Gasteiger partial charge in [0.15, 0.2) is 6.61 Å². The average molecular weight is 496 g/mol. The second kappa shape index (κ2) is 9.37. The van der Waals surface area contributed by atoms with Crippen molar-refractivity contribution in [2.45, 2.75) is 12.8 Å². The lowest BCUT2D eigenvalue weighted by Crippen LogP contribution is -2.43. The third-order valence-corrected chi connectivity index (χ3v) is 5.62. The van der Waals surface area contributed by atoms with E-state index in [1.54, 1.807) is 4.90 Å². The van der Waals surface area contributed by atoms with Crippen molar-refractivity contribution in [2.75, 3.05) is 25.0 Å². The number of piperidine rings is 1. The Labute approximate surface area is 175 Å². The minimum Gasteiger partial charge on any atom is -0.483 e. The molecule has 0 unspecified atom stereocenters. The van der Waals surface area contributed by atoms with Gasteiger partial charge in [-0.15, -0.1) is 0 Å². The van der Waals surface area contributed by atoms with E-state index >= 15 is 0 Å². The molecule has 1 N–H and O–H groups in total. The molecule has 0 aliphatic carbocycles. The van der Waals surface area contributed by atoms with Crippen LogP contribution in [-0.4, -0.2) is 36.4 Å². The standard InChI is InChI=1S/C20H20Br2N2O3/c21-15-6-7-18(17(22)12-15)27-13-19(25)24-10-8-14(9-11-24)20(26)23-16-4-2-1-3-5-16/h1-7,12,14H,8-11,13H2,(H,23,26). The van der Waals surface area contributed by atoms with Gasteiger partial charge in [-0.2, -0.15) is 0 Å². The van der Waals surface area contributed by atoms with Gasteiger partial charge in [-0.3, -0.25) is 9.59 Å². The molecule has 1 aliphatic heterocycles. The number of para-hydroxylation sites is 1. The van der Waals surface area contributed by atoms with Crippen LogP contribution in [0.2, 0.25) is 0 Å². The number of rotatable bonds is 5. The van der Waals surface area contributed by atoms with Gasteiger partial charge in [0.05, 0.1) is 4.47 Å². The van der Waals surface area contributed by atoms with Gasteiger partial charge in [0.1, 0.15) is 5.75 Å². The third-order valence-electron chi connectivity index (χ3n) is 4.50. The van der Waals surface area contributed by atoms with E-state index in [0.29, 0.717) is 31.7 Å². The predicted molar refractivity (Wildman–Crippen MR) is 112 cm³/mol. The van der Waals surface area contributed by atoms with Gasteiger partial charge < -0.3 is 15.0 Å². The molecule has 0 saturated carbocycles. The van der Waals surface area contributed by atoms with Crippen molar-refractivity contribution in [2.24, 2.45) is 5.92 Å². The zero-order chi connectivity index (χ0) is 19.2. The molecule has 2 aromatic carbocycles. The van der Waals surface area contributed by atoms with E-state index in [2.05, 4.69) is 37.2 Å². The summed E-state index contributed by atoms with van der Waals surface area (Å²) in [6.45, 7) is 1.12. The first-order valence-corrected chi connectivity index (χ1v) is 10.3. The molecule has 2 aromatic rings. The van der Waals surface area contributed by atoms with Gasteiger partial charge >= 0.3 is 0 Å². The van der Waals surface area contributed by atoms with E-state index in [1.165, 1.54) is 0 Å². The number of hydrogen-bond acceptors (Lipinski definition) is 3. The quantitative estimate of drug-likeness (QED) is 0.665. The van der Waals surface area contributed by atoms with Crippen LogP contribution in [0.25, 0.3) is 0 Å².